The lowest BCUT2D eigenvalue weighted by molar-refractivity contribution is -0.141. The highest BCUT2D eigenvalue weighted by Crippen LogP contribution is 2.25. The van der Waals surface area contributed by atoms with Crippen LogP contribution in [0.25, 0.3) is 0 Å². The lowest BCUT2D eigenvalue weighted by Gasteiger charge is -2.31. The van der Waals surface area contributed by atoms with Crippen LogP contribution in [-0.2, 0) is 22.7 Å². The van der Waals surface area contributed by atoms with Crippen LogP contribution in [0.4, 0.5) is 0 Å². The van der Waals surface area contributed by atoms with Crippen LogP contribution < -0.4 is 10.6 Å². The number of carbonyl (C=O) groups is 3. The number of nitrogens with one attached hydrogen (secondary N) is 2. The number of furan rings is 3. The van der Waals surface area contributed by atoms with Crippen molar-refractivity contribution in [1.29, 1.82) is 0 Å². The topological polar surface area (TPSA) is 118 Å². The third-order valence-electron chi connectivity index (χ3n) is 5.34. The lowest BCUT2D eigenvalue weighted by atomic mass is 10.0. The number of hydrogen-bond donors (Lipinski definition) is 2. The second-order valence-corrected chi connectivity index (χ2v) is 7.87. The Kier molecular flexibility index (Phi) is 7.47. The minimum Gasteiger partial charge on any atom is -0.467 e. The molecule has 1 aromatic carbocycles. The summed E-state index contributed by atoms with van der Waals surface area (Å²) in [4.78, 5) is 40.5. The standard InChI is InChI=1S/C26H25N3O6/c1-18-8-10-19(11-9-18)24(26(32)27-15-20-5-2-12-33-20)29(17-21-6-3-13-34-21)23(30)16-28-25(31)22-7-4-14-35-22/h2-14,24H,15-17H2,1H3,(H,27,32)(H,28,31)/t24-/m0/s1. The van der Waals surface area contributed by atoms with E-state index in [0.717, 1.165) is 5.56 Å². The van der Waals surface area contributed by atoms with Crippen LogP contribution >= 0.6 is 0 Å². The molecule has 9 heteroatoms. The summed E-state index contributed by atoms with van der Waals surface area (Å²) in [5, 5.41) is 5.39. The molecule has 0 saturated heterocycles. The number of nitrogens with zero attached hydrogens (tertiary/aromatic N) is 1. The summed E-state index contributed by atoms with van der Waals surface area (Å²) in [7, 11) is 0. The molecule has 3 aromatic heterocycles. The summed E-state index contributed by atoms with van der Waals surface area (Å²) in [5.41, 5.74) is 1.63. The summed E-state index contributed by atoms with van der Waals surface area (Å²) in [5.74, 6) is -0.248. The van der Waals surface area contributed by atoms with Gasteiger partial charge in [0, 0.05) is 0 Å². The summed E-state index contributed by atoms with van der Waals surface area (Å²) in [6, 6.07) is 16.3. The maximum atomic E-state index is 13.4. The predicted molar refractivity (Wildman–Crippen MR) is 125 cm³/mol. The van der Waals surface area contributed by atoms with Gasteiger partial charge in [-0.2, -0.15) is 0 Å². The van der Waals surface area contributed by atoms with Gasteiger partial charge in [0.25, 0.3) is 5.91 Å². The van der Waals surface area contributed by atoms with Gasteiger partial charge in [0.2, 0.25) is 11.8 Å². The second kappa shape index (κ2) is 11.1. The Labute approximate surface area is 201 Å². The van der Waals surface area contributed by atoms with Crippen molar-refractivity contribution in [2.45, 2.75) is 26.1 Å². The molecule has 4 aromatic rings. The second-order valence-electron chi connectivity index (χ2n) is 7.87. The van der Waals surface area contributed by atoms with Crippen LogP contribution in [0.1, 0.15) is 39.2 Å². The first-order chi connectivity index (χ1) is 17.0. The third-order valence-corrected chi connectivity index (χ3v) is 5.34. The van der Waals surface area contributed by atoms with Crippen molar-refractivity contribution >= 4 is 17.7 Å². The molecule has 0 spiro atoms. The lowest BCUT2D eigenvalue weighted by Crippen LogP contribution is -2.46. The number of benzene rings is 1. The predicted octanol–water partition coefficient (Wildman–Crippen LogP) is 3.59. The van der Waals surface area contributed by atoms with Crippen molar-refractivity contribution < 1.29 is 27.6 Å². The Bertz CT molecular complexity index is 1230. The average Bonchev–Trinajstić information content (AvgIpc) is 3.65. The number of carbonyl (C=O) groups excluding carboxylic acids is 3. The highest BCUT2D eigenvalue weighted by atomic mass is 16.3. The van der Waals surface area contributed by atoms with Crippen molar-refractivity contribution in [3.8, 4) is 0 Å². The Balaban J connectivity index is 1.60. The van der Waals surface area contributed by atoms with Gasteiger partial charge in [-0.25, -0.2) is 0 Å². The monoisotopic (exact) mass is 475 g/mol. The zero-order valence-electron chi connectivity index (χ0n) is 19.1. The molecule has 3 amide bonds. The van der Waals surface area contributed by atoms with Crippen molar-refractivity contribution in [3.05, 3.63) is 108 Å². The van der Waals surface area contributed by atoms with Crippen LogP contribution in [0.2, 0.25) is 0 Å². The van der Waals surface area contributed by atoms with Gasteiger partial charge < -0.3 is 28.8 Å². The molecule has 0 saturated carbocycles. The molecule has 0 aliphatic rings. The number of rotatable bonds is 10. The molecule has 0 unspecified atom stereocenters. The first-order valence-electron chi connectivity index (χ1n) is 11.0. The minimum absolute atomic E-state index is 0.0230. The van der Waals surface area contributed by atoms with Gasteiger partial charge in [-0.3, -0.25) is 14.4 Å². The van der Waals surface area contributed by atoms with Gasteiger partial charge in [0.15, 0.2) is 5.76 Å². The van der Waals surface area contributed by atoms with Crippen LogP contribution in [0.5, 0.6) is 0 Å². The average molecular weight is 476 g/mol. The molecular formula is C26H25N3O6. The van der Waals surface area contributed by atoms with Crippen LogP contribution in [0.15, 0.2) is 92.7 Å². The highest BCUT2D eigenvalue weighted by Gasteiger charge is 2.32. The van der Waals surface area contributed by atoms with Gasteiger partial charge in [-0.05, 0) is 48.9 Å². The largest absolute Gasteiger partial charge is 0.467 e. The molecule has 3 heterocycles. The molecule has 2 N–H and O–H groups in total. The molecule has 1 atom stereocenters. The van der Waals surface area contributed by atoms with Crippen LogP contribution in [-0.4, -0.2) is 29.2 Å². The van der Waals surface area contributed by atoms with E-state index in [0.29, 0.717) is 17.1 Å². The summed E-state index contributed by atoms with van der Waals surface area (Å²) < 4.78 is 15.9. The van der Waals surface area contributed by atoms with E-state index < -0.39 is 23.8 Å². The number of amides is 3. The Morgan fingerprint density at radius 1 is 0.829 bits per heavy atom. The zero-order valence-corrected chi connectivity index (χ0v) is 19.1. The van der Waals surface area contributed by atoms with Crippen LogP contribution in [0.3, 0.4) is 0 Å². The maximum absolute atomic E-state index is 13.4. The number of hydrogen-bond acceptors (Lipinski definition) is 6. The van der Waals surface area contributed by atoms with E-state index in [1.54, 1.807) is 42.5 Å². The summed E-state index contributed by atoms with van der Waals surface area (Å²) >= 11 is 0. The molecule has 0 aliphatic heterocycles. The zero-order chi connectivity index (χ0) is 24.6. The molecule has 9 nitrogen and oxygen atoms in total. The van der Waals surface area contributed by atoms with Crippen molar-refractivity contribution in [2.24, 2.45) is 0 Å². The maximum Gasteiger partial charge on any atom is 0.287 e. The van der Waals surface area contributed by atoms with Gasteiger partial charge >= 0.3 is 0 Å². The fraction of sp³-hybridized carbons (Fsp3) is 0.192. The van der Waals surface area contributed by atoms with Crippen molar-refractivity contribution in [1.82, 2.24) is 15.5 Å². The molecular weight excluding hydrogens is 450 g/mol. The molecule has 35 heavy (non-hydrogen) atoms. The van der Waals surface area contributed by atoms with E-state index in [1.165, 1.54) is 29.8 Å². The molecule has 4 rings (SSSR count). The van der Waals surface area contributed by atoms with E-state index in [1.807, 2.05) is 19.1 Å². The van der Waals surface area contributed by atoms with E-state index >= 15 is 0 Å². The van der Waals surface area contributed by atoms with Crippen LogP contribution in [0, 0.1) is 6.92 Å². The summed E-state index contributed by atoms with van der Waals surface area (Å²) in [6.07, 6.45) is 4.39. The van der Waals surface area contributed by atoms with Crippen molar-refractivity contribution in [2.75, 3.05) is 6.54 Å². The first kappa shape index (κ1) is 23.6. The smallest absolute Gasteiger partial charge is 0.287 e. The van der Waals surface area contributed by atoms with E-state index in [-0.39, 0.29) is 25.4 Å². The quantitative estimate of drug-likeness (QED) is 0.362. The van der Waals surface area contributed by atoms with Gasteiger partial charge in [0.05, 0.1) is 38.4 Å². The highest BCUT2D eigenvalue weighted by molar-refractivity contribution is 5.95. The van der Waals surface area contributed by atoms with E-state index in [2.05, 4.69) is 10.6 Å². The van der Waals surface area contributed by atoms with E-state index in [4.69, 9.17) is 13.3 Å². The molecule has 0 aliphatic carbocycles. The normalized spacial score (nSPS) is 11.6. The fourth-order valence-corrected chi connectivity index (χ4v) is 3.55. The minimum atomic E-state index is -0.983. The Hall–Kier alpha value is -4.53. The van der Waals surface area contributed by atoms with Gasteiger partial charge in [-0.15, -0.1) is 0 Å². The molecule has 0 fully saturated rings. The third kappa shape index (κ3) is 6.08. The SMILES string of the molecule is Cc1ccc([C@@H](C(=O)NCc2ccco2)N(Cc2ccco2)C(=O)CNC(=O)c2ccco2)cc1. The summed E-state index contributed by atoms with van der Waals surface area (Å²) in [6.45, 7) is 1.78. The Morgan fingerprint density at radius 3 is 2.11 bits per heavy atom. The molecule has 0 radical (unpaired) electrons. The van der Waals surface area contributed by atoms with Crippen molar-refractivity contribution in [3.63, 3.8) is 0 Å². The van der Waals surface area contributed by atoms with Gasteiger partial charge in [0.1, 0.15) is 17.6 Å². The van der Waals surface area contributed by atoms with Gasteiger partial charge in [-0.1, -0.05) is 29.8 Å². The first-order valence-corrected chi connectivity index (χ1v) is 11.0. The molecule has 0 bridgehead atoms. The molecule has 180 valence electrons. The number of aryl methyl sites for hydroxylation is 1. The fourth-order valence-electron chi connectivity index (χ4n) is 3.55. The van der Waals surface area contributed by atoms with E-state index in [9.17, 15) is 14.4 Å². The Morgan fingerprint density at radius 2 is 1.49 bits per heavy atom.